The van der Waals surface area contributed by atoms with E-state index in [2.05, 4.69) is 22.1 Å². The van der Waals surface area contributed by atoms with Crippen LogP contribution in [0.1, 0.15) is 133 Å². The van der Waals surface area contributed by atoms with Crippen LogP contribution in [-0.4, -0.2) is 51.3 Å². The molecule has 2 saturated carbocycles. The number of aliphatic hydroxyl groups is 1. The molecular weight excluding hydrogens is 607 g/mol. The van der Waals surface area contributed by atoms with Crippen LogP contribution in [0.15, 0.2) is 47.6 Å². The number of nitrogens with one attached hydrogen (secondary N) is 1. The van der Waals surface area contributed by atoms with E-state index in [-0.39, 0.29) is 54.4 Å². The van der Waals surface area contributed by atoms with Gasteiger partial charge in [0.25, 0.3) is 5.91 Å². The summed E-state index contributed by atoms with van der Waals surface area (Å²) in [7, 11) is 0. The summed E-state index contributed by atoms with van der Waals surface area (Å²) >= 11 is 0. The van der Waals surface area contributed by atoms with Crippen molar-refractivity contribution in [1.29, 1.82) is 0 Å². The number of halogens is 1. The summed E-state index contributed by atoms with van der Waals surface area (Å²) in [5, 5.41) is 10.7. The van der Waals surface area contributed by atoms with Crippen LogP contribution >= 0.6 is 0 Å². The fraction of sp³-hybridized carbons (Fsp3) is 0.625. The first-order chi connectivity index (χ1) is 22.7. The van der Waals surface area contributed by atoms with Gasteiger partial charge >= 0.3 is 0 Å². The van der Waals surface area contributed by atoms with E-state index in [0.29, 0.717) is 12.0 Å². The van der Waals surface area contributed by atoms with E-state index >= 15 is 0 Å². The number of aliphatic hydroxyl groups excluding tert-OH is 1. The number of Topliss-reactive ketones (excluding diaryl/α,β-unsaturated/α-hetero) is 3. The van der Waals surface area contributed by atoms with Gasteiger partial charge < -0.3 is 10.1 Å². The highest BCUT2D eigenvalue weighted by Gasteiger charge is 2.51. The van der Waals surface area contributed by atoms with Crippen molar-refractivity contribution in [1.82, 2.24) is 4.98 Å². The molecule has 0 saturated heterocycles. The summed E-state index contributed by atoms with van der Waals surface area (Å²) in [6, 6.07) is 12.2. The topological polar surface area (TPSA) is 117 Å². The van der Waals surface area contributed by atoms with Gasteiger partial charge in [0, 0.05) is 47.3 Å². The molecule has 1 aromatic heterocycles. The van der Waals surface area contributed by atoms with Gasteiger partial charge in [0.15, 0.2) is 11.5 Å². The molecule has 2 fully saturated rings. The van der Waals surface area contributed by atoms with Crippen molar-refractivity contribution >= 4 is 29.5 Å². The molecule has 1 heterocycles. The fourth-order valence-electron chi connectivity index (χ4n) is 7.02. The minimum atomic E-state index is -1.89. The second kappa shape index (κ2) is 16.4. The molecule has 7 nitrogen and oxygen atoms in total. The van der Waals surface area contributed by atoms with Crippen molar-refractivity contribution < 1.29 is 28.7 Å². The van der Waals surface area contributed by atoms with E-state index in [1.807, 2.05) is 52.0 Å². The monoisotopic (exact) mass is 662 g/mol. The van der Waals surface area contributed by atoms with Crippen molar-refractivity contribution in [2.45, 2.75) is 129 Å². The molecule has 2 aromatic rings. The lowest BCUT2D eigenvalue weighted by atomic mass is 9.73. The second-order valence-electron chi connectivity index (χ2n) is 15.6. The maximum Gasteiger partial charge on any atom is 0.282 e. The quantitative estimate of drug-likeness (QED) is 0.0948. The van der Waals surface area contributed by atoms with Crippen LogP contribution in [-0.2, 0) is 20.8 Å². The zero-order valence-electron chi connectivity index (χ0n) is 29.5. The van der Waals surface area contributed by atoms with Crippen molar-refractivity contribution in [2.24, 2.45) is 34.1 Å². The summed E-state index contributed by atoms with van der Waals surface area (Å²) in [4.78, 5) is 59.1. The second-order valence-corrected chi connectivity index (χ2v) is 15.6. The minimum Gasteiger partial charge on any atom is -0.393 e. The maximum atomic E-state index is 14.3. The Labute approximate surface area is 285 Å². The van der Waals surface area contributed by atoms with Crippen LogP contribution in [0.25, 0.3) is 0 Å². The highest BCUT2D eigenvalue weighted by atomic mass is 19.1. The molecule has 0 aliphatic heterocycles. The van der Waals surface area contributed by atoms with Gasteiger partial charge in [-0.1, -0.05) is 77.3 Å². The summed E-state index contributed by atoms with van der Waals surface area (Å²) in [5.41, 5.74) is 0.150. The van der Waals surface area contributed by atoms with E-state index in [0.717, 1.165) is 57.1 Å². The Morgan fingerprint density at radius 1 is 1.02 bits per heavy atom. The number of carbonyl (C=O) groups excluding carboxylic acids is 4. The minimum absolute atomic E-state index is 0.0258. The number of H-pyrrole nitrogens is 1. The molecule has 1 amide bonds. The lowest BCUT2D eigenvalue weighted by Crippen LogP contribution is -2.36. The van der Waals surface area contributed by atoms with E-state index < -0.39 is 34.9 Å². The van der Waals surface area contributed by atoms with Crippen molar-refractivity contribution in [3.63, 3.8) is 0 Å². The van der Waals surface area contributed by atoms with Crippen LogP contribution < -0.4 is 0 Å². The number of hydrogen-bond acceptors (Lipinski definition) is 5. The number of carbonyl (C=O) groups is 4. The Kier molecular flexibility index (Phi) is 12.9. The predicted octanol–water partition coefficient (Wildman–Crippen LogP) is 8.20. The first-order valence-electron chi connectivity index (χ1n) is 18.0. The smallest absolute Gasteiger partial charge is 0.282 e. The fourth-order valence-corrected chi connectivity index (χ4v) is 7.02. The van der Waals surface area contributed by atoms with Gasteiger partial charge in [0.1, 0.15) is 11.6 Å². The summed E-state index contributed by atoms with van der Waals surface area (Å²) in [6.45, 7) is 9.25. The third kappa shape index (κ3) is 10.1. The molecule has 8 heteroatoms. The van der Waals surface area contributed by atoms with Gasteiger partial charge in [0.2, 0.25) is 0 Å². The zero-order chi connectivity index (χ0) is 35.1. The summed E-state index contributed by atoms with van der Waals surface area (Å²) < 4.78 is 14.3. The van der Waals surface area contributed by atoms with E-state index in [4.69, 9.17) is 0 Å². The molecule has 2 unspecified atom stereocenters. The summed E-state index contributed by atoms with van der Waals surface area (Å²) in [6.07, 6.45) is 10.4. The van der Waals surface area contributed by atoms with Gasteiger partial charge in [-0.05, 0) is 81.8 Å². The number of aryl methyl sites for hydroxylation is 1. The number of amides is 1. The molecule has 0 radical (unpaired) electrons. The van der Waals surface area contributed by atoms with Crippen molar-refractivity contribution in [2.75, 3.05) is 0 Å². The first-order valence-corrected chi connectivity index (χ1v) is 18.0. The molecule has 1 aromatic carbocycles. The number of hydrogen-bond donors (Lipinski definition) is 2. The Morgan fingerprint density at radius 2 is 1.67 bits per heavy atom. The lowest BCUT2D eigenvalue weighted by molar-refractivity contribution is -0.127. The summed E-state index contributed by atoms with van der Waals surface area (Å²) in [5.74, 6) is -2.41. The Balaban J connectivity index is 1.46. The average Bonchev–Trinajstić information content (AvgIpc) is 3.42. The highest BCUT2D eigenvalue weighted by Crippen LogP contribution is 2.44. The first kappa shape index (κ1) is 37.6. The molecule has 4 rings (SSSR count). The van der Waals surface area contributed by atoms with Crippen molar-refractivity contribution in [3.05, 3.63) is 59.4 Å². The predicted molar refractivity (Wildman–Crippen MR) is 187 cm³/mol. The number of aliphatic imine (C=N–C) groups is 1. The van der Waals surface area contributed by atoms with Crippen LogP contribution in [0.3, 0.4) is 0 Å². The molecule has 0 spiro atoms. The number of aromatic amines is 1. The number of aromatic nitrogens is 1. The van der Waals surface area contributed by atoms with E-state index in [9.17, 15) is 28.7 Å². The van der Waals surface area contributed by atoms with Crippen LogP contribution in [0, 0.1) is 29.1 Å². The van der Waals surface area contributed by atoms with Crippen LogP contribution in [0.2, 0.25) is 0 Å². The normalized spacial score (nSPS) is 22.4. The standard InChI is InChI=1S/C40H55FN2O5/c1-26(27(2)44)13-9-11-17-29(18-12-10-16-28-14-7-6-8-15-28)36(46)30-21-35(42-24-30)32-22-31(45)23-33(32)37(47)34(39(3,4)5)25-43-38(48)40(41)19-20-40/h6-8,14-15,21,24-26,29,31-34,42,45H,9-13,16-20,22-23H2,1-5H3/b43-25+/t26?,29-,31+,32+,33?,34+/m0/s1. The zero-order valence-corrected chi connectivity index (χ0v) is 29.5. The molecule has 0 bridgehead atoms. The van der Waals surface area contributed by atoms with Crippen LogP contribution in [0.4, 0.5) is 4.39 Å². The maximum absolute atomic E-state index is 14.3. The van der Waals surface area contributed by atoms with Gasteiger partial charge in [-0.3, -0.25) is 19.2 Å². The highest BCUT2D eigenvalue weighted by molar-refractivity contribution is 6.02. The number of benzene rings is 1. The molecule has 2 N–H and O–H groups in total. The Bertz CT molecular complexity index is 1440. The number of unbranched alkanes of at least 4 members (excludes halogenated alkanes) is 2. The van der Waals surface area contributed by atoms with E-state index in [1.54, 1.807) is 13.1 Å². The third-order valence-electron chi connectivity index (χ3n) is 10.6. The molecule has 6 atom stereocenters. The average molecular weight is 663 g/mol. The van der Waals surface area contributed by atoms with Crippen molar-refractivity contribution in [3.8, 4) is 0 Å². The van der Waals surface area contributed by atoms with Gasteiger partial charge in [0.05, 0.1) is 12.0 Å². The SMILES string of the molecule is CC(=O)C(C)CCCC[C@@H](CCCCc1ccccc1)C(=O)c1c[nH]c([C@@H]2C[C@@H](O)CC2C(=O)[C@@H](/C=N/C(=O)C2(F)CC2)C(C)(C)C)c1. The van der Waals surface area contributed by atoms with Crippen LogP contribution in [0.5, 0.6) is 0 Å². The number of rotatable bonds is 18. The number of nitrogens with zero attached hydrogens (tertiary/aromatic N) is 1. The van der Waals surface area contributed by atoms with E-state index in [1.165, 1.54) is 11.8 Å². The Hall–Kier alpha value is -3.26. The largest absolute Gasteiger partial charge is 0.393 e. The van der Waals surface area contributed by atoms with Gasteiger partial charge in [-0.15, -0.1) is 0 Å². The number of alkyl halides is 1. The lowest BCUT2D eigenvalue weighted by Gasteiger charge is -2.30. The Morgan fingerprint density at radius 3 is 2.29 bits per heavy atom. The molecule has 48 heavy (non-hydrogen) atoms. The molecule has 262 valence electrons. The third-order valence-corrected chi connectivity index (χ3v) is 10.6. The number of ketones is 3. The molecular formula is C40H55FN2O5. The molecule has 2 aliphatic carbocycles. The van der Waals surface area contributed by atoms with Gasteiger partial charge in [-0.2, -0.15) is 0 Å². The van der Waals surface area contributed by atoms with Gasteiger partial charge in [-0.25, -0.2) is 9.38 Å². The molecule has 2 aliphatic rings.